The van der Waals surface area contributed by atoms with E-state index in [0.29, 0.717) is 36.1 Å². The second kappa shape index (κ2) is 9.86. The monoisotopic (exact) mass is 397 g/mol. The number of hydrogen-bond donors (Lipinski definition) is 2. The number of carbonyl (C=O) groups is 2. The standard InChI is InChI=1S/C21H27N5O3/c1-15-23-19(26-11-4-3-5-12-26)14-20(24-15)29-13-10-22-21(28)17-6-8-18(9-7-17)25-16(2)27/h6-9,14H,3-5,10-13H2,1-2H3,(H,22,28)(H,25,27). The first-order valence-corrected chi connectivity index (χ1v) is 9.90. The molecule has 0 atom stereocenters. The van der Waals surface area contributed by atoms with Crippen molar-refractivity contribution in [1.29, 1.82) is 0 Å². The van der Waals surface area contributed by atoms with Gasteiger partial charge in [0.1, 0.15) is 18.2 Å². The number of carbonyl (C=O) groups excluding carboxylic acids is 2. The topological polar surface area (TPSA) is 96.5 Å². The van der Waals surface area contributed by atoms with Gasteiger partial charge in [0.2, 0.25) is 11.8 Å². The molecule has 154 valence electrons. The van der Waals surface area contributed by atoms with E-state index in [-0.39, 0.29) is 11.8 Å². The lowest BCUT2D eigenvalue weighted by molar-refractivity contribution is -0.114. The maximum atomic E-state index is 12.2. The second-order valence-corrected chi connectivity index (χ2v) is 7.02. The molecule has 8 nitrogen and oxygen atoms in total. The molecule has 0 bridgehead atoms. The van der Waals surface area contributed by atoms with Gasteiger partial charge in [0.05, 0.1) is 6.54 Å². The summed E-state index contributed by atoms with van der Waals surface area (Å²) in [5, 5.41) is 5.48. The third kappa shape index (κ3) is 6.17. The Morgan fingerprint density at radius 1 is 1.10 bits per heavy atom. The molecule has 0 saturated carbocycles. The summed E-state index contributed by atoms with van der Waals surface area (Å²) in [6.45, 7) is 5.97. The SMILES string of the molecule is CC(=O)Nc1ccc(C(=O)NCCOc2cc(N3CCCCC3)nc(C)n2)cc1. The molecule has 1 saturated heterocycles. The summed E-state index contributed by atoms with van der Waals surface area (Å²) in [5.41, 5.74) is 1.17. The van der Waals surface area contributed by atoms with Gasteiger partial charge in [0.15, 0.2) is 0 Å². The number of hydrogen-bond acceptors (Lipinski definition) is 6. The Morgan fingerprint density at radius 2 is 1.83 bits per heavy atom. The van der Waals surface area contributed by atoms with Crippen LogP contribution in [0.3, 0.4) is 0 Å². The van der Waals surface area contributed by atoms with Crippen LogP contribution in [0, 0.1) is 6.92 Å². The van der Waals surface area contributed by atoms with Crippen LogP contribution in [-0.4, -0.2) is 48.0 Å². The molecule has 1 fully saturated rings. The summed E-state index contributed by atoms with van der Waals surface area (Å²) in [5.74, 6) is 1.74. The van der Waals surface area contributed by atoms with Crippen LogP contribution in [-0.2, 0) is 4.79 Å². The number of ether oxygens (including phenoxy) is 1. The van der Waals surface area contributed by atoms with Gasteiger partial charge in [-0.05, 0) is 50.5 Å². The highest BCUT2D eigenvalue weighted by molar-refractivity contribution is 5.95. The first kappa shape index (κ1) is 20.6. The Kier molecular flexibility index (Phi) is 6.99. The minimum absolute atomic E-state index is 0.150. The van der Waals surface area contributed by atoms with E-state index < -0.39 is 0 Å². The van der Waals surface area contributed by atoms with E-state index in [2.05, 4.69) is 25.5 Å². The maximum Gasteiger partial charge on any atom is 0.251 e. The highest BCUT2D eigenvalue weighted by atomic mass is 16.5. The summed E-state index contributed by atoms with van der Waals surface area (Å²) in [6.07, 6.45) is 3.62. The molecule has 1 aliphatic rings. The van der Waals surface area contributed by atoms with Crippen molar-refractivity contribution < 1.29 is 14.3 Å². The zero-order valence-corrected chi connectivity index (χ0v) is 16.9. The van der Waals surface area contributed by atoms with E-state index in [0.717, 1.165) is 18.9 Å². The van der Waals surface area contributed by atoms with Gasteiger partial charge in [-0.15, -0.1) is 0 Å². The van der Waals surface area contributed by atoms with Gasteiger partial charge < -0.3 is 20.3 Å². The fourth-order valence-corrected chi connectivity index (χ4v) is 3.21. The van der Waals surface area contributed by atoms with E-state index >= 15 is 0 Å². The Bertz CT molecular complexity index is 848. The van der Waals surface area contributed by atoms with Crippen LogP contribution in [0.5, 0.6) is 5.88 Å². The molecular formula is C21H27N5O3. The molecular weight excluding hydrogens is 370 g/mol. The van der Waals surface area contributed by atoms with Crippen molar-refractivity contribution in [3.05, 3.63) is 41.7 Å². The Hall–Kier alpha value is -3.16. The van der Waals surface area contributed by atoms with E-state index in [1.807, 2.05) is 13.0 Å². The van der Waals surface area contributed by atoms with Gasteiger partial charge in [-0.2, -0.15) is 4.98 Å². The Labute approximate surface area is 170 Å². The lowest BCUT2D eigenvalue weighted by Gasteiger charge is -2.28. The van der Waals surface area contributed by atoms with Crippen LogP contribution in [0.4, 0.5) is 11.5 Å². The van der Waals surface area contributed by atoms with Crippen LogP contribution in [0.25, 0.3) is 0 Å². The fourth-order valence-electron chi connectivity index (χ4n) is 3.21. The third-order valence-electron chi connectivity index (χ3n) is 4.59. The van der Waals surface area contributed by atoms with Crippen molar-refractivity contribution in [3.8, 4) is 5.88 Å². The number of anilines is 2. The van der Waals surface area contributed by atoms with Gasteiger partial charge >= 0.3 is 0 Å². The number of benzene rings is 1. The van der Waals surface area contributed by atoms with E-state index in [4.69, 9.17) is 4.74 Å². The molecule has 29 heavy (non-hydrogen) atoms. The summed E-state index contributed by atoms with van der Waals surface area (Å²) in [6, 6.07) is 8.58. The number of amides is 2. The highest BCUT2D eigenvalue weighted by Crippen LogP contribution is 2.21. The van der Waals surface area contributed by atoms with Crippen LogP contribution >= 0.6 is 0 Å². The zero-order chi connectivity index (χ0) is 20.6. The molecule has 1 aromatic carbocycles. The third-order valence-corrected chi connectivity index (χ3v) is 4.59. The quantitative estimate of drug-likeness (QED) is 0.697. The van der Waals surface area contributed by atoms with Crippen molar-refractivity contribution in [1.82, 2.24) is 15.3 Å². The molecule has 0 unspecified atom stereocenters. The molecule has 2 amide bonds. The predicted molar refractivity (Wildman–Crippen MR) is 111 cm³/mol. The lowest BCUT2D eigenvalue weighted by Crippen LogP contribution is -2.30. The molecule has 8 heteroatoms. The average Bonchev–Trinajstić information content (AvgIpc) is 2.71. The number of piperidine rings is 1. The predicted octanol–water partition coefficient (Wildman–Crippen LogP) is 2.54. The van der Waals surface area contributed by atoms with Gasteiger partial charge in [0.25, 0.3) is 5.91 Å². The first-order valence-electron chi connectivity index (χ1n) is 9.90. The van der Waals surface area contributed by atoms with Crippen molar-refractivity contribution in [2.24, 2.45) is 0 Å². The molecule has 3 rings (SSSR count). The normalized spacial score (nSPS) is 13.7. The highest BCUT2D eigenvalue weighted by Gasteiger charge is 2.14. The summed E-state index contributed by atoms with van der Waals surface area (Å²) in [7, 11) is 0. The van der Waals surface area contributed by atoms with Crippen molar-refractivity contribution in [2.45, 2.75) is 33.1 Å². The van der Waals surface area contributed by atoms with Gasteiger partial charge in [-0.1, -0.05) is 0 Å². The number of nitrogens with one attached hydrogen (secondary N) is 2. The molecule has 1 aliphatic heterocycles. The van der Waals surface area contributed by atoms with Crippen LogP contribution in [0.2, 0.25) is 0 Å². The number of rotatable bonds is 7. The Balaban J connectivity index is 1.48. The summed E-state index contributed by atoms with van der Waals surface area (Å²) in [4.78, 5) is 34.4. The molecule has 2 N–H and O–H groups in total. The van der Waals surface area contributed by atoms with Gasteiger partial charge in [-0.3, -0.25) is 9.59 Å². The zero-order valence-electron chi connectivity index (χ0n) is 16.9. The second-order valence-electron chi connectivity index (χ2n) is 7.02. The molecule has 2 aromatic rings. The van der Waals surface area contributed by atoms with E-state index in [1.54, 1.807) is 24.3 Å². The van der Waals surface area contributed by atoms with Gasteiger partial charge in [0, 0.05) is 37.3 Å². The van der Waals surface area contributed by atoms with Crippen LogP contribution in [0.15, 0.2) is 30.3 Å². The van der Waals surface area contributed by atoms with Crippen molar-refractivity contribution in [2.75, 3.05) is 36.5 Å². The molecule has 0 aliphatic carbocycles. The lowest BCUT2D eigenvalue weighted by atomic mass is 10.1. The summed E-state index contributed by atoms with van der Waals surface area (Å²) < 4.78 is 5.73. The summed E-state index contributed by atoms with van der Waals surface area (Å²) >= 11 is 0. The van der Waals surface area contributed by atoms with E-state index in [9.17, 15) is 9.59 Å². The smallest absolute Gasteiger partial charge is 0.251 e. The molecule has 0 radical (unpaired) electrons. The number of nitrogens with zero attached hydrogens (tertiary/aromatic N) is 3. The molecule has 1 aromatic heterocycles. The first-order chi connectivity index (χ1) is 14.0. The largest absolute Gasteiger partial charge is 0.476 e. The number of aromatic nitrogens is 2. The minimum Gasteiger partial charge on any atom is -0.476 e. The fraction of sp³-hybridized carbons (Fsp3) is 0.429. The van der Waals surface area contributed by atoms with Crippen LogP contribution in [0.1, 0.15) is 42.4 Å². The van der Waals surface area contributed by atoms with E-state index in [1.165, 1.54) is 26.2 Å². The molecule has 2 heterocycles. The van der Waals surface area contributed by atoms with Crippen molar-refractivity contribution in [3.63, 3.8) is 0 Å². The van der Waals surface area contributed by atoms with Crippen molar-refractivity contribution >= 4 is 23.3 Å². The minimum atomic E-state index is -0.198. The Morgan fingerprint density at radius 3 is 2.52 bits per heavy atom. The average molecular weight is 397 g/mol. The number of aryl methyl sites for hydroxylation is 1. The van der Waals surface area contributed by atoms with Gasteiger partial charge in [-0.25, -0.2) is 4.98 Å². The van der Waals surface area contributed by atoms with Crippen LogP contribution < -0.4 is 20.3 Å². The maximum absolute atomic E-state index is 12.2. The molecule has 0 spiro atoms.